The van der Waals surface area contributed by atoms with Crippen LogP contribution in [-0.2, 0) is 4.79 Å². The Morgan fingerprint density at radius 1 is 1.41 bits per heavy atom. The molecule has 7 heteroatoms. The van der Waals surface area contributed by atoms with Crippen LogP contribution >= 0.6 is 11.3 Å². The second-order valence-electron chi connectivity index (χ2n) is 3.86. The number of carbonyl (C=O) groups is 2. The Kier molecular flexibility index (Phi) is 4.45. The first kappa shape index (κ1) is 13.4. The van der Waals surface area contributed by atoms with Gasteiger partial charge in [-0.3, -0.25) is 4.79 Å². The Morgan fingerprint density at radius 3 is 2.53 bits per heavy atom. The fraction of sp³-hybridized carbons (Fsp3) is 0.500. The molecule has 0 saturated heterocycles. The van der Waals surface area contributed by atoms with E-state index in [-0.39, 0.29) is 16.8 Å². The van der Waals surface area contributed by atoms with Gasteiger partial charge >= 0.3 is 5.97 Å². The maximum Gasteiger partial charge on any atom is 0.347 e. The molecule has 3 N–H and O–H groups in total. The van der Waals surface area contributed by atoms with Crippen LogP contribution in [0.2, 0.25) is 0 Å². The van der Waals surface area contributed by atoms with Crippen LogP contribution in [0, 0.1) is 0 Å². The minimum atomic E-state index is -1.02. The second-order valence-corrected chi connectivity index (χ2v) is 4.89. The molecule has 0 aliphatic carbocycles. The maximum atomic E-state index is 11.6. The van der Waals surface area contributed by atoms with Crippen molar-refractivity contribution >= 4 is 28.3 Å². The predicted octanol–water partition coefficient (Wildman–Crippen LogP) is 1.17. The highest BCUT2D eigenvalue weighted by molar-refractivity contribution is 7.17. The Hall–Kier alpha value is -1.63. The van der Waals surface area contributed by atoms with E-state index in [2.05, 4.69) is 15.6 Å². The van der Waals surface area contributed by atoms with Gasteiger partial charge in [-0.05, 0) is 20.8 Å². The van der Waals surface area contributed by atoms with Gasteiger partial charge < -0.3 is 15.7 Å². The molecule has 0 aromatic carbocycles. The van der Waals surface area contributed by atoms with Crippen molar-refractivity contribution in [3.8, 4) is 0 Å². The van der Waals surface area contributed by atoms with Crippen LogP contribution in [0.25, 0.3) is 0 Å². The Balaban J connectivity index is 2.58. The molecule has 1 amide bonds. The topological polar surface area (TPSA) is 91.3 Å². The largest absolute Gasteiger partial charge is 0.477 e. The van der Waals surface area contributed by atoms with E-state index >= 15 is 0 Å². The summed E-state index contributed by atoms with van der Waals surface area (Å²) < 4.78 is 0. The first-order valence-electron chi connectivity index (χ1n) is 5.16. The first-order valence-corrected chi connectivity index (χ1v) is 5.98. The summed E-state index contributed by atoms with van der Waals surface area (Å²) >= 11 is 1.00. The summed E-state index contributed by atoms with van der Waals surface area (Å²) in [4.78, 5) is 26.3. The molecule has 1 heterocycles. The molecule has 1 rings (SSSR count). The number of carbonyl (C=O) groups excluding carboxylic acids is 1. The molecule has 6 nitrogen and oxygen atoms in total. The molecule has 1 aromatic rings. The standard InChI is InChI=1S/C10H15N3O3S/c1-5(2)12-8(14)6(3)13-10-11-4-7(17-10)9(15)16/h4-6H,1-3H3,(H,11,13)(H,12,14)(H,15,16). The number of nitrogens with one attached hydrogen (secondary N) is 2. The van der Waals surface area contributed by atoms with Gasteiger partial charge in [-0.15, -0.1) is 0 Å². The number of anilines is 1. The van der Waals surface area contributed by atoms with E-state index in [1.807, 2.05) is 13.8 Å². The number of carboxylic acids is 1. The molecule has 0 bridgehead atoms. The molecule has 94 valence electrons. The number of hydrogen-bond acceptors (Lipinski definition) is 5. The number of rotatable bonds is 5. The molecular weight excluding hydrogens is 242 g/mol. The van der Waals surface area contributed by atoms with Gasteiger partial charge in [0.25, 0.3) is 0 Å². The zero-order chi connectivity index (χ0) is 13.0. The molecule has 1 unspecified atom stereocenters. The van der Waals surface area contributed by atoms with Crippen LogP contribution in [0.5, 0.6) is 0 Å². The van der Waals surface area contributed by atoms with Gasteiger partial charge in [0.1, 0.15) is 10.9 Å². The molecule has 0 radical (unpaired) electrons. The van der Waals surface area contributed by atoms with E-state index in [0.717, 1.165) is 11.3 Å². The van der Waals surface area contributed by atoms with Crippen LogP contribution in [0.3, 0.4) is 0 Å². The molecule has 0 aliphatic rings. The van der Waals surface area contributed by atoms with Crippen molar-refractivity contribution in [1.29, 1.82) is 0 Å². The van der Waals surface area contributed by atoms with E-state index in [1.165, 1.54) is 6.20 Å². The highest BCUT2D eigenvalue weighted by atomic mass is 32.1. The number of carboxylic acid groups (broad SMARTS) is 1. The van der Waals surface area contributed by atoms with Crippen molar-refractivity contribution in [2.75, 3.05) is 5.32 Å². The van der Waals surface area contributed by atoms with Crippen LogP contribution < -0.4 is 10.6 Å². The summed E-state index contributed by atoms with van der Waals surface area (Å²) in [5.74, 6) is -1.16. The van der Waals surface area contributed by atoms with Crippen LogP contribution in [-0.4, -0.2) is 34.1 Å². The Morgan fingerprint density at radius 2 is 2.06 bits per heavy atom. The molecule has 0 fully saturated rings. The second kappa shape index (κ2) is 5.62. The zero-order valence-corrected chi connectivity index (χ0v) is 10.7. The van der Waals surface area contributed by atoms with Crippen molar-refractivity contribution in [2.45, 2.75) is 32.9 Å². The molecule has 17 heavy (non-hydrogen) atoms. The van der Waals surface area contributed by atoms with E-state index in [9.17, 15) is 9.59 Å². The van der Waals surface area contributed by atoms with Crippen LogP contribution in [0.15, 0.2) is 6.20 Å². The minimum absolute atomic E-state index is 0.0672. The third-order valence-electron chi connectivity index (χ3n) is 1.88. The molecular formula is C10H15N3O3S. The highest BCUT2D eigenvalue weighted by Gasteiger charge is 2.16. The number of hydrogen-bond donors (Lipinski definition) is 3. The molecule has 0 spiro atoms. The number of thiazole rings is 1. The van der Waals surface area contributed by atoms with Gasteiger partial charge in [0.2, 0.25) is 5.91 Å². The Bertz CT molecular complexity index is 417. The van der Waals surface area contributed by atoms with Crippen molar-refractivity contribution in [3.05, 3.63) is 11.1 Å². The van der Waals surface area contributed by atoms with E-state index in [4.69, 9.17) is 5.11 Å². The summed E-state index contributed by atoms with van der Waals surface area (Å²) in [5.41, 5.74) is 0. The van der Waals surface area contributed by atoms with Crippen molar-refractivity contribution in [3.63, 3.8) is 0 Å². The number of aromatic carboxylic acids is 1. The lowest BCUT2D eigenvalue weighted by atomic mass is 10.3. The molecule has 0 saturated carbocycles. The van der Waals surface area contributed by atoms with E-state index in [0.29, 0.717) is 5.13 Å². The van der Waals surface area contributed by atoms with E-state index in [1.54, 1.807) is 6.92 Å². The monoisotopic (exact) mass is 257 g/mol. The van der Waals surface area contributed by atoms with Crippen LogP contribution in [0.4, 0.5) is 5.13 Å². The lowest BCUT2D eigenvalue weighted by Crippen LogP contribution is -2.40. The lowest BCUT2D eigenvalue weighted by molar-refractivity contribution is -0.122. The smallest absolute Gasteiger partial charge is 0.347 e. The average Bonchev–Trinajstić information content (AvgIpc) is 2.65. The Labute approximate surface area is 103 Å². The average molecular weight is 257 g/mol. The predicted molar refractivity (Wildman–Crippen MR) is 65.4 cm³/mol. The quantitative estimate of drug-likeness (QED) is 0.736. The zero-order valence-electron chi connectivity index (χ0n) is 9.85. The summed E-state index contributed by atoms with van der Waals surface area (Å²) in [6, 6.07) is -0.386. The fourth-order valence-corrected chi connectivity index (χ4v) is 1.84. The SMILES string of the molecule is CC(C)NC(=O)C(C)Nc1ncc(C(=O)O)s1. The van der Waals surface area contributed by atoms with Crippen molar-refractivity contribution in [2.24, 2.45) is 0 Å². The number of nitrogens with zero attached hydrogens (tertiary/aromatic N) is 1. The maximum absolute atomic E-state index is 11.6. The summed E-state index contributed by atoms with van der Waals surface area (Å²) in [7, 11) is 0. The summed E-state index contributed by atoms with van der Waals surface area (Å²) in [5, 5.41) is 14.8. The van der Waals surface area contributed by atoms with Crippen LogP contribution in [0.1, 0.15) is 30.4 Å². The minimum Gasteiger partial charge on any atom is -0.477 e. The van der Waals surface area contributed by atoms with Gasteiger partial charge in [0.15, 0.2) is 5.13 Å². The first-order chi connectivity index (χ1) is 7.90. The van der Waals surface area contributed by atoms with E-state index < -0.39 is 12.0 Å². The van der Waals surface area contributed by atoms with Gasteiger partial charge in [-0.1, -0.05) is 11.3 Å². The number of amides is 1. The fourth-order valence-electron chi connectivity index (χ4n) is 1.10. The number of aromatic nitrogens is 1. The van der Waals surface area contributed by atoms with Gasteiger partial charge in [0, 0.05) is 6.04 Å². The normalized spacial score (nSPS) is 12.2. The molecule has 1 aromatic heterocycles. The summed E-state index contributed by atoms with van der Waals surface area (Å²) in [6.45, 7) is 5.44. The van der Waals surface area contributed by atoms with Gasteiger partial charge in [-0.2, -0.15) is 0 Å². The third-order valence-corrected chi connectivity index (χ3v) is 2.80. The van der Waals surface area contributed by atoms with Gasteiger partial charge in [0.05, 0.1) is 6.20 Å². The molecule has 0 aliphatic heterocycles. The highest BCUT2D eigenvalue weighted by Crippen LogP contribution is 2.18. The third kappa shape index (κ3) is 4.03. The molecule has 1 atom stereocenters. The van der Waals surface area contributed by atoms with Gasteiger partial charge in [-0.25, -0.2) is 9.78 Å². The van der Waals surface area contributed by atoms with Crippen molar-refractivity contribution < 1.29 is 14.7 Å². The van der Waals surface area contributed by atoms with Crippen molar-refractivity contribution in [1.82, 2.24) is 10.3 Å². The lowest BCUT2D eigenvalue weighted by Gasteiger charge is -2.15. The summed E-state index contributed by atoms with van der Waals surface area (Å²) in [6.07, 6.45) is 1.27.